The number of halogens is 1. The lowest BCUT2D eigenvalue weighted by Gasteiger charge is -2.28. The molecule has 1 unspecified atom stereocenters. The van der Waals surface area contributed by atoms with Gasteiger partial charge >= 0.3 is 6.03 Å². The lowest BCUT2D eigenvalue weighted by Crippen LogP contribution is -2.44. The van der Waals surface area contributed by atoms with E-state index in [2.05, 4.69) is 10.4 Å². The molecule has 0 saturated carbocycles. The molecule has 6 nitrogen and oxygen atoms in total. The Bertz CT molecular complexity index is 870. The van der Waals surface area contributed by atoms with Gasteiger partial charge in [-0.15, -0.1) is 0 Å². The minimum atomic E-state index is -0.238. The Morgan fingerprint density at radius 2 is 2.21 bits per heavy atom. The Morgan fingerprint density at radius 3 is 3.04 bits per heavy atom. The molecule has 1 aliphatic heterocycles. The number of amides is 2. The second kappa shape index (κ2) is 5.51. The van der Waals surface area contributed by atoms with Crippen molar-refractivity contribution in [1.82, 2.24) is 20.0 Å². The number of nitrogens with zero attached hydrogens (tertiary/aromatic N) is 2. The summed E-state index contributed by atoms with van der Waals surface area (Å²) >= 11 is 0. The number of nitrogens with one attached hydrogen (secondary N) is 2. The summed E-state index contributed by atoms with van der Waals surface area (Å²) in [5.41, 5.74) is 3.52. The van der Waals surface area contributed by atoms with Crippen molar-refractivity contribution in [2.24, 2.45) is 7.05 Å². The lowest BCUT2D eigenvalue weighted by molar-refractivity contribution is 0.186. The van der Waals surface area contributed by atoms with E-state index in [-0.39, 0.29) is 23.4 Å². The quantitative estimate of drug-likeness (QED) is 0.834. The molecule has 1 atom stereocenters. The van der Waals surface area contributed by atoms with Gasteiger partial charge < -0.3 is 10.2 Å². The van der Waals surface area contributed by atoms with E-state index >= 15 is 0 Å². The van der Waals surface area contributed by atoms with Gasteiger partial charge in [0.1, 0.15) is 5.82 Å². The molecule has 24 heavy (non-hydrogen) atoms. The molecule has 1 aliphatic carbocycles. The van der Waals surface area contributed by atoms with Crippen LogP contribution < -0.4 is 10.9 Å². The highest BCUT2D eigenvalue weighted by Crippen LogP contribution is 2.31. The first-order chi connectivity index (χ1) is 11.5. The number of benzene rings is 1. The molecule has 2 amide bonds. The molecule has 2 aliphatic rings. The van der Waals surface area contributed by atoms with Crippen LogP contribution in [-0.2, 0) is 26.4 Å². The first-order valence-corrected chi connectivity index (χ1v) is 8.13. The van der Waals surface area contributed by atoms with Crippen molar-refractivity contribution in [2.45, 2.75) is 31.8 Å². The highest BCUT2D eigenvalue weighted by molar-refractivity contribution is 5.75. The second-order valence-electron chi connectivity index (χ2n) is 6.48. The van der Waals surface area contributed by atoms with Crippen molar-refractivity contribution in [2.75, 3.05) is 6.54 Å². The fourth-order valence-corrected chi connectivity index (χ4v) is 3.74. The topological polar surface area (TPSA) is 70.1 Å². The third-order valence-corrected chi connectivity index (χ3v) is 5.04. The minimum absolute atomic E-state index is 0.0701. The number of carbonyl (C=O) groups is 1. The minimum Gasteiger partial charge on any atom is -0.331 e. The van der Waals surface area contributed by atoms with Gasteiger partial charge in [-0.1, -0.05) is 6.07 Å². The summed E-state index contributed by atoms with van der Waals surface area (Å²) in [4.78, 5) is 26.1. The summed E-state index contributed by atoms with van der Waals surface area (Å²) in [7, 11) is 1.78. The van der Waals surface area contributed by atoms with Crippen molar-refractivity contribution in [3.63, 3.8) is 0 Å². The third-order valence-electron chi connectivity index (χ3n) is 5.04. The molecule has 126 valence electrons. The molecule has 0 bridgehead atoms. The normalized spacial score (nSPS) is 19.1. The summed E-state index contributed by atoms with van der Waals surface area (Å²) in [6, 6.07) is 4.52. The zero-order chi connectivity index (χ0) is 16.8. The van der Waals surface area contributed by atoms with Gasteiger partial charge in [0.05, 0.1) is 18.3 Å². The molecule has 2 N–H and O–H groups in total. The fraction of sp³-hybridized carbons (Fsp3) is 0.412. The van der Waals surface area contributed by atoms with Crippen molar-refractivity contribution in [3.8, 4) is 0 Å². The van der Waals surface area contributed by atoms with Crippen molar-refractivity contribution >= 4 is 6.03 Å². The molecule has 0 fully saturated rings. The average Bonchev–Trinajstić information content (AvgIpc) is 3.08. The Hall–Kier alpha value is -2.57. The van der Waals surface area contributed by atoms with Crippen LogP contribution in [0.4, 0.5) is 9.18 Å². The number of aromatic amines is 1. The van der Waals surface area contributed by atoms with Gasteiger partial charge in [0.2, 0.25) is 0 Å². The van der Waals surface area contributed by atoms with Gasteiger partial charge in [0, 0.05) is 19.2 Å². The van der Waals surface area contributed by atoms with Crippen LogP contribution in [0.3, 0.4) is 0 Å². The predicted molar refractivity (Wildman–Crippen MR) is 86.1 cm³/mol. The van der Waals surface area contributed by atoms with Gasteiger partial charge in [0.15, 0.2) is 0 Å². The van der Waals surface area contributed by atoms with E-state index in [1.165, 1.54) is 6.07 Å². The summed E-state index contributed by atoms with van der Waals surface area (Å²) < 4.78 is 15.0. The molecular formula is C17H19FN4O2. The van der Waals surface area contributed by atoms with E-state index in [1.54, 1.807) is 28.8 Å². The van der Waals surface area contributed by atoms with Crippen LogP contribution in [0.5, 0.6) is 0 Å². The molecule has 2 aromatic rings. The molecule has 2 heterocycles. The molecule has 0 radical (unpaired) electrons. The lowest BCUT2D eigenvalue weighted by atomic mass is 10.1. The molecule has 4 rings (SSSR count). The number of hydrogen-bond acceptors (Lipinski definition) is 2. The molecule has 7 heteroatoms. The Morgan fingerprint density at radius 1 is 1.38 bits per heavy atom. The van der Waals surface area contributed by atoms with E-state index in [9.17, 15) is 14.0 Å². The monoisotopic (exact) mass is 330 g/mol. The number of aryl methyl sites for hydroxylation is 2. The van der Waals surface area contributed by atoms with Gasteiger partial charge in [0.25, 0.3) is 5.56 Å². The van der Waals surface area contributed by atoms with Crippen LogP contribution >= 0.6 is 0 Å². The highest BCUT2D eigenvalue weighted by Gasteiger charge is 2.29. The zero-order valence-corrected chi connectivity index (χ0v) is 13.4. The summed E-state index contributed by atoms with van der Waals surface area (Å²) in [5, 5.41) is 5.78. The predicted octanol–water partition coefficient (Wildman–Crippen LogP) is 1.61. The van der Waals surface area contributed by atoms with Crippen LogP contribution in [0, 0.1) is 5.82 Å². The number of aromatic nitrogens is 2. The second-order valence-corrected chi connectivity index (χ2v) is 6.48. The summed E-state index contributed by atoms with van der Waals surface area (Å²) in [6.07, 6.45) is 2.12. The van der Waals surface area contributed by atoms with Crippen LogP contribution in [0.1, 0.15) is 34.8 Å². The van der Waals surface area contributed by atoms with Crippen LogP contribution in [0.25, 0.3) is 0 Å². The van der Waals surface area contributed by atoms with E-state index in [4.69, 9.17) is 0 Å². The number of fused-ring (bicyclic) bond motifs is 2. The fourth-order valence-electron chi connectivity index (χ4n) is 3.74. The first-order valence-electron chi connectivity index (χ1n) is 8.13. The molecular weight excluding hydrogens is 311 g/mol. The van der Waals surface area contributed by atoms with E-state index in [0.29, 0.717) is 19.5 Å². The van der Waals surface area contributed by atoms with Gasteiger partial charge in [-0.2, -0.15) is 0 Å². The van der Waals surface area contributed by atoms with Gasteiger partial charge in [-0.3, -0.25) is 14.6 Å². The number of urea groups is 1. The summed E-state index contributed by atoms with van der Waals surface area (Å²) in [6.45, 7) is 0.939. The van der Waals surface area contributed by atoms with E-state index in [1.807, 2.05) is 0 Å². The molecule has 0 spiro atoms. The Labute approximate surface area is 138 Å². The number of rotatable bonds is 1. The van der Waals surface area contributed by atoms with Crippen LogP contribution in [0.2, 0.25) is 0 Å². The van der Waals surface area contributed by atoms with E-state index in [0.717, 1.165) is 35.2 Å². The zero-order valence-electron chi connectivity index (χ0n) is 13.4. The maximum Gasteiger partial charge on any atom is 0.318 e. The van der Waals surface area contributed by atoms with Crippen molar-refractivity contribution < 1.29 is 9.18 Å². The molecule has 0 saturated heterocycles. The van der Waals surface area contributed by atoms with Gasteiger partial charge in [-0.25, -0.2) is 9.18 Å². The van der Waals surface area contributed by atoms with Crippen molar-refractivity contribution in [1.29, 1.82) is 0 Å². The van der Waals surface area contributed by atoms with Crippen LogP contribution in [-0.4, -0.2) is 27.3 Å². The third kappa shape index (κ3) is 2.40. The average molecular weight is 330 g/mol. The number of H-pyrrole nitrogens is 1. The van der Waals surface area contributed by atoms with Gasteiger partial charge in [-0.05, 0) is 42.5 Å². The Kier molecular flexibility index (Phi) is 3.44. The number of carbonyl (C=O) groups excluding carboxylic acids is 1. The van der Waals surface area contributed by atoms with Crippen molar-refractivity contribution in [3.05, 3.63) is 56.8 Å². The Balaban J connectivity index is 1.49. The van der Waals surface area contributed by atoms with E-state index < -0.39 is 0 Å². The number of hydrogen-bond donors (Lipinski definition) is 2. The standard InChI is InChI=1S/C17H19FN4O2/c1-21-15-9-22(7-6-13(15)16(23)20-21)17(24)19-14-5-2-10-8-11(18)3-4-12(10)14/h3-4,8,14H,2,5-7,9H2,1H3,(H,19,24)(H,20,23). The van der Waals surface area contributed by atoms with Crippen LogP contribution in [0.15, 0.2) is 23.0 Å². The highest BCUT2D eigenvalue weighted by atomic mass is 19.1. The smallest absolute Gasteiger partial charge is 0.318 e. The first kappa shape index (κ1) is 15.0. The summed E-state index contributed by atoms with van der Waals surface area (Å²) in [5.74, 6) is -0.238. The molecule has 1 aromatic carbocycles. The maximum atomic E-state index is 13.3. The SMILES string of the molecule is Cn1[nH]c(=O)c2c1CN(C(=O)NC1CCc3cc(F)ccc31)CC2. The maximum absolute atomic E-state index is 13.3. The largest absolute Gasteiger partial charge is 0.331 e. The molecule has 1 aromatic heterocycles.